The molecule has 0 saturated carbocycles. The van der Waals surface area contributed by atoms with Gasteiger partial charge in [-0.2, -0.15) is 0 Å². The summed E-state index contributed by atoms with van der Waals surface area (Å²) in [6.45, 7) is 0.614. The molecule has 0 spiro atoms. The first kappa shape index (κ1) is 22.4. The number of anilines is 2. The molecule has 6 nitrogen and oxygen atoms in total. The van der Waals surface area contributed by atoms with Crippen LogP contribution in [0.2, 0.25) is 0 Å². The van der Waals surface area contributed by atoms with Gasteiger partial charge in [0.2, 0.25) is 5.91 Å². The molecule has 3 rings (SSSR count). The van der Waals surface area contributed by atoms with Crippen molar-refractivity contribution < 1.29 is 23.1 Å². The van der Waals surface area contributed by atoms with Crippen molar-refractivity contribution in [1.29, 1.82) is 0 Å². The Bertz CT molecular complexity index is 903. The number of methoxy groups -OCH3 is 1. The van der Waals surface area contributed by atoms with Gasteiger partial charge in [0.1, 0.15) is 17.4 Å². The Hall–Kier alpha value is -2.87. The molecule has 9 heteroatoms. The van der Waals surface area contributed by atoms with Gasteiger partial charge in [0, 0.05) is 31.1 Å². The summed E-state index contributed by atoms with van der Waals surface area (Å²) in [5.41, 5.74) is 6.61. The van der Waals surface area contributed by atoms with Gasteiger partial charge in [0.25, 0.3) is 5.91 Å². The lowest BCUT2D eigenvalue weighted by Crippen LogP contribution is -2.41. The number of nitrogens with zero attached hydrogens (tertiary/aromatic N) is 1. The normalized spacial score (nSPS) is 14.1. The Morgan fingerprint density at radius 2 is 1.83 bits per heavy atom. The number of rotatable bonds is 4. The van der Waals surface area contributed by atoms with Crippen molar-refractivity contribution in [3.8, 4) is 5.75 Å². The van der Waals surface area contributed by atoms with E-state index in [1.165, 1.54) is 12.0 Å². The molecular formula is C20H22ClF2N3O3. The summed E-state index contributed by atoms with van der Waals surface area (Å²) in [5, 5.41) is 2.80. The van der Waals surface area contributed by atoms with E-state index in [9.17, 15) is 18.4 Å². The minimum atomic E-state index is -0.890. The molecule has 0 bridgehead atoms. The average Bonchev–Trinajstić information content (AvgIpc) is 2.69. The minimum absolute atomic E-state index is 0. The highest BCUT2D eigenvalue weighted by Gasteiger charge is 2.29. The number of ether oxygens (including phenoxy) is 1. The van der Waals surface area contributed by atoms with Crippen LogP contribution < -0.4 is 15.8 Å². The first-order valence-electron chi connectivity index (χ1n) is 8.87. The van der Waals surface area contributed by atoms with E-state index in [-0.39, 0.29) is 29.8 Å². The van der Waals surface area contributed by atoms with Gasteiger partial charge in [0.15, 0.2) is 0 Å². The molecule has 0 atom stereocenters. The summed E-state index contributed by atoms with van der Waals surface area (Å²) in [4.78, 5) is 26.5. The number of benzene rings is 2. The van der Waals surface area contributed by atoms with Gasteiger partial charge < -0.3 is 20.7 Å². The van der Waals surface area contributed by atoms with Crippen molar-refractivity contribution in [3.05, 3.63) is 53.6 Å². The number of likely N-dealkylation sites (tertiary alicyclic amines) is 1. The van der Waals surface area contributed by atoms with E-state index in [0.717, 1.165) is 12.1 Å². The standard InChI is InChI=1S/C20H21F2N3O3.ClH/c1-28-14-3-5-17(23)18(11-14)24-19(26)12-6-8-25(9-7-12)20(27)15-4-2-13(21)10-16(15)22;/h2-5,10-12H,6-9,23H2,1H3,(H,24,26);1H. The number of halogens is 3. The molecule has 1 heterocycles. The maximum absolute atomic E-state index is 13.8. The number of amides is 2. The molecule has 0 aromatic heterocycles. The molecule has 1 saturated heterocycles. The van der Waals surface area contributed by atoms with E-state index in [4.69, 9.17) is 10.5 Å². The molecule has 156 valence electrons. The first-order valence-corrected chi connectivity index (χ1v) is 8.87. The van der Waals surface area contributed by atoms with E-state index < -0.39 is 17.5 Å². The molecule has 29 heavy (non-hydrogen) atoms. The number of hydrogen-bond donors (Lipinski definition) is 2. The Morgan fingerprint density at radius 3 is 2.45 bits per heavy atom. The van der Waals surface area contributed by atoms with Crippen LogP contribution >= 0.6 is 12.4 Å². The number of hydrogen-bond acceptors (Lipinski definition) is 4. The molecule has 2 aromatic rings. The molecule has 0 unspecified atom stereocenters. The third-order valence-corrected chi connectivity index (χ3v) is 4.83. The largest absolute Gasteiger partial charge is 0.497 e. The summed E-state index contributed by atoms with van der Waals surface area (Å²) >= 11 is 0. The summed E-state index contributed by atoms with van der Waals surface area (Å²) in [6, 6.07) is 7.86. The third-order valence-electron chi connectivity index (χ3n) is 4.83. The van der Waals surface area contributed by atoms with Crippen molar-refractivity contribution in [2.75, 3.05) is 31.2 Å². The lowest BCUT2D eigenvalue weighted by Gasteiger charge is -2.31. The zero-order valence-electron chi connectivity index (χ0n) is 15.8. The molecule has 1 aliphatic heterocycles. The Kier molecular flexibility index (Phi) is 7.39. The van der Waals surface area contributed by atoms with Crippen LogP contribution in [0.1, 0.15) is 23.2 Å². The average molecular weight is 426 g/mol. The number of nitrogens with one attached hydrogen (secondary N) is 1. The predicted octanol–water partition coefficient (Wildman–Crippen LogP) is 3.47. The van der Waals surface area contributed by atoms with E-state index in [1.807, 2.05) is 0 Å². The predicted molar refractivity (Wildman–Crippen MR) is 108 cm³/mol. The smallest absolute Gasteiger partial charge is 0.256 e. The van der Waals surface area contributed by atoms with Crippen LogP contribution in [0.15, 0.2) is 36.4 Å². The lowest BCUT2D eigenvalue weighted by atomic mass is 9.95. The fourth-order valence-electron chi connectivity index (χ4n) is 3.18. The summed E-state index contributed by atoms with van der Waals surface area (Å²) in [5.74, 6) is -2.05. The van der Waals surface area contributed by atoms with E-state index in [1.54, 1.807) is 18.2 Å². The number of carbonyl (C=O) groups excluding carboxylic acids is 2. The molecule has 1 aliphatic rings. The van der Waals surface area contributed by atoms with Crippen LogP contribution in [0.3, 0.4) is 0 Å². The fourth-order valence-corrected chi connectivity index (χ4v) is 3.18. The van der Waals surface area contributed by atoms with E-state index in [2.05, 4.69) is 5.32 Å². The lowest BCUT2D eigenvalue weighted by molar-refractivity contribution is -0.121. The van der Waals surface area contributed by atoms with Gasteiger partial charge in [-0.25, -0.2) is 8.78 Å². The zero-order chi connectivity index (χ0) is 20.3. The quantitative estimate of drug-likeness (QED) is 0.734. The number of carbonyl (C=O) groups is 2. The van der Waals surface area contributed by atoms with Crippen LogP contribution in [-0.4, -0.2) is 36.9 Å². The first-order chi connectivity index (χ1) is 13.4. The molecule has 2 aromatic carbocycles. The van der Waals surface area contributed by atoms with Gasteiger partial charge in [-0.05, 0) is 37.1 Å². The van der Waals surface area contributed by atoms with Gasteiger partial charge >= 0.3 is 0 Å². The maximum Gasteiger partial charge on any atom is 0.256 e. The van der Waals surface area contributed by atoms with Crippen molar-refractivity contribution in [2.45, 2.75) is 12.8 Å². The van der Waals surface area contributed by atoms with Crippen LogP contribution in [0.25, 0.3) is 0 Å². The van der Waals surface area contributed by atoms with Crippen molar-refractivity contribution in [2.24, 2.45) is 5.92 Å². The fraction of sp³-hybridized carbons (Fsp3) is 0.300. The molecule has 2 amide bonds. The second kappa shape index (κ2) is 9.56. The Morgan fingerprint density at radius 1 is 1.14 bits per heavy atom. The highest BCUT2D eigenvalue weighted by Crippen LogP contribution is 2.27. The number of nitrogens with two attached hydrogens (primary N) is 1. The molecular weight excluding hydrogens is 404 g/mol. The molecule has 3 N–H and O–H groups in total. The van der Waals surface area contributed by atoms with Gasteiger partial charge in [-0.15, -0.1) is 12.4 Å². The molecule has 0 radical (unpaired) electrons. The third kappa shape index (κ3) is 5.14. The SMILES string of the molecule is COc1ccc(N)c(NC(=O)C2CCN(C(=O)c3ccc(F)cc3F)CC2)c1.Cl. The molecule has 0 aliphatic carbocycles. The van der Waals surface area contributed by atoms with Crippen molar-refractivity contribution >= 4 is 35.6 Å². The van der Waals surface area contributed by atoms with Gasteiger partial charge in [-0.1, -0.05) is 0 Å². The van der Waals surface area contributed by atoms with Crippen LogP contribution in [0.4, 0.5) is 20.2 Å². The topological polar surface area (TPSA) is 84.7 Å². The van der Waals surface area contributed by atoms with Crippen molar-refractivity contribution in [1.82, 2.24) is 4.90 Å². The Labute approximate surface area is 173 Å². The highest BCUT2D eigenvalue weighted by atomic mass is 35.5. The summed E-state index contributed by atoms with van der Waals surface area (Å²) in [7, 11) is 1.52. The van der Waals surface area contributed by atoms with Crippen molar-refractivity contribution in [3.63, 3.8) is 0 Å². The minimum Gasteiger partial charge on any atom is -0.497 e. The highest BCUT2D eigenvalue weighted by molar-refractivity contribution is 5.97. The Balaban J connectivity index is 0.00000300. The van der Waals surface area contributed by atoms with Crippen LogP contribution in [0.5, 0.6) is 5.75 Å². The van der Waals surface area contributed by atoms with Crippen LogP contribution in [-0.2, 0) is 4.79 Å². The molecule has 1 fully saturated rings. The van der Waals surface area contributed by atoms with Crippen LogP contribution in [0, 0.1) is 17.6 Å². The van der Waals surface area contributed by atoms with Gasteiger partial charge in [0.05, 0.1) is 24.0 Å². The monoisotopic (exact) mass is 425 g/mol. The number of piperidine rings is 1. The second-order valence-corrected chi connectivity index (χ2v) is 6.63. The van der Waals surface area contributed by atoms with E-state index >= 15 is 0 Å². The summed E-state index contributed by atoms with van der Waals surface area (Å²) in [6.07, 6.45) is 0.870. The van der Waals surface area contributed by atoms with E-state index in [0.29, 0.717) is 49.1 Å². The van der Waals surface area contributed by atoms with Gasteiger partial charge in [-0.3, -0.25) is 9.59 Å². The maximum atomic E-state index is 13.8. The second-order valence-electron chi connectivity index (χ2n) is 6.63. The number of nitrogen functional groups attached to an aromatic ring is 1. The summed E-state index contributed by atoms with van der Waals surface area (Å²) < 4.78 is 32.0. The zero-order valence-corrected chi connectivity index (χ0v) is 16.6.